The van der Waals surface area contributed by atoms with Crippen LogP contribution in [0, 0.1) is 5.92 Å². The third-order valence-electron chi connectivity index (χ3n) is 5.14. The lowest BCUT2D eigenvalue weighted by molar-refractivity contribution is -0.0454. The van der Waals surface area contributed by atoms with Crippen molar-refractivity contribution < 1.29 is 9.47 Å². The molecule has 6 heteroatoms. The van der Waals surface area contributed by atoms with Crippen LogP contribution in [-0.4, -0.2) is 88.0 Å². The summed E-state index contributed by atoms with van der Waals surface area (Å²) in [5, 5.41) is 3.45. The zero-order chi connectivity index (χ0) is 16.1. The summed E-state index contributed by atoms with van der Waals surface area (Å²) in [4.78, 5) is 9.08. The van der Waals surface area contributed by atoms with Gasteiger partial charge in [-0.1, -0.05) is 0 Å². The van der Waals surface area contributed by atoms with Gasteiger partial charge in [0.1, 0.15) is 0 Å². The molecule has 3 fully saturated rings. The van der Waals surface area contributed by atoms with Crippen LogP contribution in [0.2, 0.25) is 0 Å². The number of hydrogen-bond donors (Lipinski definition) is 1. The largest absolute Gasteiger partial charge is 0.379 e. The van der Waals surface area contributed by atoms with Crippen molar-refractivity contribution in [3.8, 4) is 0 Å². The number of nitrogens with one attached hydrogen (secondary N) is 1. The molecule has 3 aliphatic rings. The third kappa shape index (κ3) is 5.06. The molecule has 3 rings (SSSR count). The number of guanidine groups is 1. The van der Waals surface area contributed by atoms with Gasteiger partial charge in [0.2, 0.25) is 0 Å². The molecule has 1 aliphatic carbocycles. The molecule has 1 N–H and O–H groups in total. The van der Waals surface area contributed by atoms with Gasteiger partial charge in [0, 0.05) is 46.4 Å². The normalized spacial score (nSPS) is 28.7. The van der Waals surface area contributed by atoms with E-state index in [1.54, 1.807) is 0 Å². The Morgan fingerprint density at radius 2 is 2.26 bits per heavy atom. The fraction of sp³-hybridized carbons (Fsp3) is 0.941. The second-order valence-electron chi connectivity index (χ2n) is 7.11. The average molecular weight is 324 g/mol. The van der Waals surface area contributed by atoms with Crippen LogP contribution in [0.15, 0.2) is 4.99 Å². The Kier molecular flexibility index (Phi) is 6.14. The Balaban J connectivity index is 1.33. The Morgan fingerprint density at radius 1 is 1.39 bits per heavy atom. The Labute approximate surface area is 140 Å². The SMILES string of the molecule is CN=C(NCC1CN2CCCC2CO1)N(C)CCOCC1CC1. The fourth-order valence-electron chi connectivity index (χ4n) is 3.44. The van der Waals surface area contributed by atoms with Gasteiger partial charge in [-0.3, -0.25) is 9.89 Å². The molecule has 1 saturated carbocycles. The van der Waals surface area contributed by atoms with E-state index < -0.39 is 0 Å². The predicted octanol–water partition coefficient (Wildman–Crippen LogP) is 0.783. The van der Waals surface area contributed by atoms with Crippen molar-refractivity contribution in [1.82, 2.24) is 15.1 Å². The summed E-state index contributed by atoms with van der Waals surface area (Å²) in [7, 11) is 3.90. The fourth-order valence-corrected chi connectivity index (χ4v) is 3.44. The molecule has 2 heterocycles. The van der Waals surface area contributed by atoms with Crippen molar-refractivity contribution in [2.24, 2.45) is 10.9 Å². The van der Waals surface area contributed by atoms with E-state index in [-0.39, 0.29) is 6.10 Å². The molecular weight excluding hydrogens is 292 g/mol. The van der Waals surface area contributed by atoms with Crippen LogP contribution in [0.25, 0.3) is 0 Å². The van der Waals surface area contributed by atoms with Gasteiger partial charge in [-0.25, -0.2) is 0 Å². The Morgan fingerprint density at radius 3 is 3.04 bits per heavy atom. The molecule has 6 nitrogen and oxygen atoms in total. The molecule has 0 spiro atoms. The molecule has 0 aromatic carbocycles. The number of hydrogen-bond acceptors (Lipinski definition) is 4. The first-order valence-corrected chi connectivity index (χ1v) is 9.11. The lowest BCUT2D eigenvalue weighted by Crippen LogP contribution is -2.51. The van der Waals surface area contributed by atoms with Gasteiger partial charge in [0.15, 0.2) is 5.96 Å². The summed E-state index contributed by atoms with van der Waals surface area (Å²) in [5.41, 5.74) is 0. The van der Waals surface area contributed by atoms with Crippen molar-refractivity contribution in [3.63, 3.8) is 0 Å². The van der Waals surface area contributed by atoms with Crippen molar-refractivity contribution in [2.45, 2.75) is 37.8 Å². The summed E-state index contributed by atoms with van der Waals surface area (Å²) < 4.78 is 11.7. The van der Waals surface area contributed by atoms with Crippen LogP contribution >= 0.6 is 0 Å². The molecule has 0 radical (unpaired) electrons. The van der Waals surface area contributed by atoms with Crippen molar-refractivity contribution in [1.29, 1.82) is 0 Å². The van der Waals surface area contributed by atoms with E-state index in [1.807, 2.05) is 7.05 Å². The summed E-state index contributed by atoms with van der Waals surface area (Å²) in [5.74, 6) is 1.75. The number of aliphatic imine (C=N–C) groups is 1. The first-order chi connectivity index (χ1) is 11.3. The lowest BCUT2D eigenvalue weighted by atomic mass is 10.2. The molecule has 0 aromatic rings. The highest BCUT2D eigenvalue weighted by atomic mass is 16.5. The highest BCUT2D eigenvalue weighted by Gasteiger charge is 2.32. The summed E-state index contributed by atoms with van der Waals surface area (Å²) >= 11 is 0. The minimum atomic E-state index is 0.264. The minimum Gasteiger partial charge on any atom is -0.379 e. The molecule has 2 aliphatic heterocycles. The maximum absolute atomic E-state index is 6.00. The number of morpholine rings is 1. The lowest BCUT2D eigenvalue weighted by Gasteiger charge is -2.35. The van der Waals surface area contributed by atoms with Crippen LogP contribution in [0.3, 0.4) is 0 Å². The smallest absolute Gasteiger partial charge is 0.193 e. The van der Waals surface area contributed by atoms with Crippen molar-refractivity contribution >= 4 is 5.96 Å². The van der Waals surface area contributed by atoms with E-state index in [2.05, 4.69) is 27.2 Å². The molecule has 132 valence electrons. The number of fused-ring (bicyclic) bond motifs is 1. The van der Waals surface area contributed by atoms with E-state index in [9.17, 15) is 0 Å². The minimum absolute atomic E-state index is 0.264. The summed E-state index contributed by atoms with van der Waals surface area (Å²) in [6, 6.07) is 0.664. The first-order valence-electron chi connectivity index (χ1n) is 9.11. The molecule has 2 atom stereocenters. The molecule has 0 aromatic heterocycles. The average Bonchev–Trinajstić information content (AvgIpc) is 3.27. The zero-order valence-electron chi connectivity index (χ0n) is 14.7. The number of likely N-dealkylation sites (N-methyl/N-ethyl adjacent to an activating group) is 1. The van der Waals surface area contributed by atoms with Crippen LogP contribution < -0.4 is 5.32 Å². The Hall–Kier alpha value is -0.850. The van der Waals surface area contributed by atoms with E-state index in [4.69, 9.17) is 9.47 Å². The molecule has 2 unspecified atom stereocenters. The van der Waals surface area contributed by atoms with Crippen molar-refractivity contribution in [2.75, 3.05) is 60.1 Å². The second-order valence-corrected chi connectivity index (χ2v) is 7.11. The van der Waals surface area contributed by atoms with E-state index in [0.717, 1.165) is 51.3 Å². The Bertz CT molecular complexity index is 400. The second kappa shape index (κ2) is 8.31. The van der Waals surface area contributed by atoms with Gasteiger partial charge in [-0.05, 0) is 38.1 Å². The van der Waals surface area contributed by atoms with Crippen molar-refractivity contribution in [3.05, 3.63) is 0 Å². The van der Waals surface area contributed by atoms with Gasteiger partial charge in [0.05, 0.1) is 19.3 Å². The van der Waals surface area contributed by atoms with Gasteiger partial charge < -0.3 is 19.7 Å². The van der Waals surface area contributed by atoms with Crippen LogP contribution in [0.1, 0.15) is 25.7 Å². The molecule has 0 amide bonds. The predicted molar refractivity (Wildman–Crippen MR) is 91.9 cm³/mol. The standard InChI is InChI=1S/C17H32N4O2/c1-18-17(20(2)8-9-22-12-14-5-6-14)19-10-16-11-21-7-3-4-15(21)13-23-16/h14-16H,3-13H2,1-2H3,(H,18,19). The monoisotopic (exact) mass is 324 g/mol. The van der Waals surface area contributed by atoms with Crippen LogP contribution in [-0.2, 0) is 9.47 Å². The highest BCUT2D eigenvalue weighted by Crippen LogP contribution is 2.28. The number of nitrogens with zero attached hydrogens (tertiary/aromatic N) is 3. The summed E-state index contributed by atoms with van der Waals surface area (Å²) in [6.45, 7) is 6.54. The topological polar surface area (TPSA) is 49.3 Å². The maximum atomic E-state index is 6.00. The molecule has 2 saturated heterocycles. The maximum Gasteiger partial charge on any atom is 0.193 e. The van der Waals surface area contributed by atoms with Gasteiger partial charge in [0.25, 0.3) is 0 Å². The number of ether oxygens (including phenoxy) is 2. The summed E-state index contributed by atoms with van der Waals surface area (Å²) in [6.07, 6.45) is 5.57. The van der Waals surface area contributed by atoms with Gasteiger partial charge in [-0.15, -0.1) is 0 Å². The molecule has 0 bridgehead atoms. The van der Waals surface area contributed by atoms with Gasteiger partial charge in [-0.2, -0.15) is 0 Å². The first kappa shape index (κ1) is 17.0. The zero-order valence-corrected chi connectivity index (χ0v) is 14.7. The molecular formula is C17H32N4O2. The quantitative estimate of drug-likeness (QED) is 0.426. The third-order valence-corrected chi connectivity index (χ3v) is 5.14. The molecule has 23 heavy (non-hydrogen) atoms. The highest BCUT2D eigenvalue weighted by molar-refractivity contribution is 5.79. The van der Waals surface area contributed by atoms with E-state index in [1.165, 1.54) is 32.2 Å². The van der Waals surface area contributed by atoms with Crippen LogP contribution in [0.5, 0.6) is 0 Å². The number of rotatable bonds is 7. The van der Waals surface area contributed by atoms with E-state index in [0.29, 0.717) is 6.04 Å². The van der Waals surface area contributed by atoms with E-state index >= 15 is 0 Å². The van der Waals surface area contributed by atoms with Gasteiger partial charge >= 0.3 is 0 Å². The van der Waals surface area contributed by atoms with Crippen LogP contribution in [0.4, 0.5) is 0 Å².